The largest absolute Gasteiger partial charge is 0.574 e. The van der Waals surface area contributed by atoms with Gasteiger partial charge in [0.1, 0.15) is 3.70 Å². The first kappa shape index (κ1) is 16.0. The molecule has 0 spiro atoms. The lowest BCUT2D eigenvalue weighted by atomic mass is 10.1. The molecule has 1 heterocycles. The summed E-state index contributed by atoms with van der Waals surface area (Å²) in [6.45, 7) is 3.36. The Morgan fingerprint density at radius 1 is 1.47 bits per heavy atom. The first-order valence-electron chi connectivity index (χ1n) is 5.30. The second-order valence-corrected chi connectivity index (χ2v) is 4.68. The molecule has 19 heavy (non-hydrogen) atoms. The summed E-state index contributed by atoms with van der Waals surface area (Å²) in [6.07, 6.45) is -5.16. The predicted molar refractivity (Wildman–Crippen MR) is 68.7 cm³/mol. The van der Waals surface area contributed by atoms with Crippen molar-refractivity contribution in [2.75, 3.05) is 6.61 Å². The molecule has 0 aliphatic rings. The van der Waals surface area contributed by atoms with Crippen LogP contribution in [0.2, 0.25) is 0 Å². The molecule has 0 atom stereocenters. The molecule has 1 rings (SSSR count). The highest BCUT2D eigenvalue weighted by Gasteiger charge is 2.33. The number of hydrogen-bond acceptors (Lipinski definition) is 4. The first-order valence-corrected chi connectivity index (χ1v) is 6.38. The summed E-state index contributed by atoms with van der Waals surface area (Å²) in [5, 5.41) is 0. The average Bonchev–Trinajstić information content (AvgIpc) is 2.21. The summed E-state index contributed by atoms with van der Waals surface area (Å²) < 4.78 is 45.8. The quantitative estimate of drug-likeness (QED) is 0.452. The Morgan fingerprint density at radius 2 is 2.11 bits per heavy atom. The van der Waals surface area contributed by atoms with Gasteiger partial charge in [-0.3, -0.25) is 4.79 Å². The summed E-state index contributed by atoms with van der Waals surface area (Å²) in [6, 6.07) is 1.57. The number of nitrogens with zero attached hydrogens (tertiary/aromatic N) is 1. The lowest BCUT2D eigenvalue weighted by Crippen LogP contribution is -2.21. The number of carbonyl (C=O) groups excluding carboxylic acids is 1. The highest BCUT2D eigenvalue weighted by atomic mass is 127. The third-order valence-corrected chi connectivity index (χ3v) is 2.67. The molecule has 1 aromatic heterocycles. The van der Waals surface area contributed by atoms with Crippen LogP contribution in [-0.2, 0) is 16.0 Å². The van der Waals surface area contributed by atoms with Gasteiger partial charge in [-0.2, -0.15) is 0 Å². The van der Waals surface area contributed by atoms with Crippen LogP contribution in [-0.4, -0.2) is 23.9 Å². The van der Waals surface area contributed by atoms with E-state index in [-0.39, 0.29) is 18.6 Å². The van der Waals surface area contributed by atoms with Gasteiger partial charge in [0.15, 0.2) is 0 Å². The maximum absolute atomic E-state index is 12.3. The third-order valence-electron chi connectivity index (χ3n) is 2.12. The second kappa shape index (κ2) is 6.40. The van der Waals surface area contributed by atoms with E-state index >= 15 is 0 Å². The summed E-state index contributed by atoms with van der Waals surface area (Å²) in [4.78, 5) is 15.0. The monoisotopic (exact) mass is 389 g/mol. The van der Waals surface area contributed by atoms with Gasteiger partial charge in [-0.25, -0.2) is 4.98 Å². The molecule has 0 fully saturated rings. The van der Waals surface area contributed by atoms with Crippen LogP contribution >= 0.6 is 22.6 Å². The summed E-state index contributed by atoms with van der Waals surface area (Å²) in [5.74, 6) is -1.23. The molecule has 0 aliphatic heterocycles. The maximum Gasteiger partial charge on any atom is 0.574 e. The summed E-state index contributed by atoms with van der Waals surface area (Å²) >= 11 is 1.77. The van der Waals surface area contributed by atoms with Crippen molar-refractivity contribution in [2.24, 2.45) is 0 Å². The first-order chi connectivity index (χ1) is 8.73. The Bertz CT molecular complexity index is 477. The van der Waals surface area contributed by atoms with E-state index in [0.717, 1.165) is 0 Å². The summed E-state index contributed by atoms with van der Waals surface area (Å²) in [7, 11) is 0. The van der Waals surface area contributed by atoms with Gasteiger partial charge in [-0.05, 0) is 48.1 Å². The molecule has 1 aromatic rings. The number of rotatable bonds is 4. The van der Waals surface area contributed by atoms with Gasteiger partial charge in [0.2, 0.25) is 5.88 Å². The Labute approximate surface area is 121 Å². The van der Waals surface area contributed by atoms with Crippen LogP contribution in [0.25, 0.3) is 0 Å². The zero-order valence-corrected chi connectivity index (χ0v) is 12.3. The van der Waals surface area contributed by atoms with Crippen LogP contribution in [0.5, 0.6) is 5.88 Å². The van der Waals surface area contributed by atoms with Gasteiger partial charge in [-0.15, -0.1) is 13.2 Å². The highest BCUT2D eigenvalue weighted by Crippen LogP contribution is 2.28. The molecule has 0 bridgehead atoms. The normalized spacial score (nSPS) is 11.3. The SMILES string of the molecule is CCOC(=O)Cc1c(C)cc(I)nc1OC(F)(F)F. The molecular formula is C11H11F3INO3. The van der Waals surface area contributed by atoms with Crippen molar-refractivity contribution in [3.63, 3.8) is 0 Å². The molecule has 0 amide bonds. The molecule has 0 N–H and O–H groups in total. The number of esters is 1. The number of carbonyl (C=O) groups is 1. The van der Waals surface area contributed by atoms with E-state index in [1.807, 2.05) is 0 Å². The number of halogens is 4. The van der Waals surface area contributed by atoms with Crippen molar-refractivity contribution in [1.82, 2.24) is 4.98 Å². The van der Waals surface area contributed by atoms with Crippen molar-refractivity contribution < 1.29 is 27.4 Å². The Kier molecular flexibility index (Phi) is 5.39. The number of alkyl halides is 3. The van der Waals surface area contributed by atoms with Gasteiger partial charge in [-0.1, -0.05) is 0 Å². The van der Waals surface area contributed by atoms with E-state index in [4.69, 9.17) is 4.74 Å². The number of hydrogen-bond donors (Lipinski definition) is 0. The zero-order chi connectivity index (χ0) is 14.6. The van der Waals surface area contributed by atoms with Crippen molar-refractivity contribution >= 4 is 28.6 Å². The average molecular weight is 389 g/mol. The standard InChI is InChI=1S/C11H11F3INO3/c1-3-18-9(17)5-7-6(2)4-8(15)16-10(7)19-11(12,13)14/h4H,3,5H2,1-2H3. The molecule has 0 saturated heterocycles. The van der Waals surface area contributed by atoms with Crippen LogP contribution in [0.1, 0.15) is 18.1 Å². The Balaban J connectivity index is 3.09. The van der Waals surface area contributed by atoms with E-state index in [1.165, 1.54) is 0 Å². The molecule has 0 aromatic carbocycles. The van der Waals surface area contributed by atoms with Crippen molar-refractivity contribution in [2.45, 2.75) is 26.6 Å². The fourth-order valence-corrected chi connectivity index (χ4v) is 2.08. The number of pyridine rings is 1. The third kappa shape index (κ3) is 5.21. The van der Waals surface area contributed by atoms with Crippen LogP contribution < -0.4 is 4.74 Å². The fourth-order valence-electron chi connectivity index (χ4n) is 1.40. The Hall–Kier alpha value is -1.06. The highest BCUT2D eigenvalue weighted by molar-refractivity contribution is 14.1. The minimum absolute atomic E-state index is 0.0798. The number of aryl methyl sites for hydroxylation is 1. The smallest absolute Gasteiger partial charge is 0.466 e. The predicted octanol–water partition coefficient (Wildman–Crippen LogP) is 3.00. The van der Waals surface area contributed by atoms with Gasteiger partial charge in [0, 0.05) is 5.56 Å². The zero-order valence-electron chi connectivity index (χ0n) is 10.2. The van der Waals surface area contributed by atoms with E-state index in [2.05, 4.69) is 9.72 Å². The minimum atomic E-state index is -4.85. The molecule has 0 unspecified atom stereocenters. The van der Waals surface area contributed by atoms with Crippen LogP contribution in [0.4, 0.5) is 13.2 Å². The number of ether oxygens (including phenoxy) is 2. The van der Waals surface area contributed by atoms with Crippen molar-refractivity contribution in [3.8, 4) is 5.88 Å². The van der Waals surface area contributed by atoms with Gasteiger partial charge >= 0.3 is 12.3 Å². The molecule has 0 aliphatic carbocycles. The van der Waals surface area contributed by atoms with Crippen LogP contribution in [0, 0.1) is 10.6 Å². The molecule has 0 radical (unpaired) electrons. The van der Waals surface area contributed by atoms with E-state index in [9.17, 15) is 18.0 Å². The van der Waals surface area contributed by atoms with Gasteiger partial charge < -0.3 is 9.47 Å². The number of aromatic nitrogens is 1. The van der Waals surface area contributed by atoms with Gasteiger partial charge in [0.05, 0.1) is 13.0 Å². The maximum atomic E-state index is 12.3. The lowest BCUT2D eigenvalue weighted by molar-refractivity contribution is -0.276. The molecule has 4 nitrogen and oxygen atoms in total. The minimum Gasteiger partial charge on any atom is -0.466 e. The Morgan fingerprint density at radius 3 is 2.63 bits per heavy atom. The topological polar surface area (TPSA) is 48.4 Å². The van der Waals surface area contributed by atoms with E-state index < -0.39 is 18.2 Å². The van der Waals surface area contributed by atoms with Crippen molar-refractivity contribution in [3.05, 3.63) is 20.9 Å². The molecule has 0 saturated carbocycles. The molecule has 106 valence electrons. The van der Waals surface area contributed by atoms with E-state index in [0.29, 0.717) is 9.26 Å². The van der Waals surface area contributed by atoms with Crippen molar-refractivity contribution in [1.29, 1.82) is 0 Å². The summed E-state index contributed by atoms with van der Waals surface area (Å²) in [5.41, 5.74) is 0.572. The van der Waals surface area contributed by atoms with E-state index in [1.54, 1.807) is 42.5 Å². The second-order valence-electron chi connectivity index (χ2n) is 3.58. The van der Waals surface area contributed by atoms with Crippen LogP contribution in [0.15, 0.2) is 6.07 Å². The fraction of sp³-hybridized carbons (Fsp3) is 0.455. The lowest BCUT2D eigenvalue weighted by Gasteiger charge is -2.14. The van der Waals surface area contributed by atoms with Crippen LogP contribution in [0.3, 0.4) is 0 Å². The molecule has 8 heteroatoms. The molecular weight excluding hydrogens is 378 g/mol. The van der Waals surface area contributed by atoms with Gasteiger partial charge in [0.25, 0.3) is 0 Å².